The van der Waals surface area contributed by atoms with E-state index in [1.807, 2.05) is 6.92 Å². The van der Waals surface area contributed by atoms with Gasteiger partial charge < -0.3 is 5.32 Å². The molecule has 0 aliphatic carbocycles. The van der Waals surface area contributed by atoms with E-state index in [-0.39, 0.29) is 29.7 Å². The molecule has 1 aromatic rings. The van der Waals surface area contributed by atoms with Crippen LogP contribution >= 0.6 is 0 Å². The topological polar surface area (TPSA) is 96.4 Å². The SMILES string of the molecule is [CH2]C[C@H](C)CC(=O)N(C1CCCNCC1=O)S(=O)(=O)c1ccccn1. The summed E-state index contributed by atoms with van der Waals surface area (Å²) in [7, 11) is -4.20. The molecule has 2 heterocycles. The lowest BCUT2D eigenvalue weighted by Crippen LogP contribution is -2.50. The van der Waals surface area contributed by atoms with Gasteiger partial charge >= 0.3 is 0 Å². The van der Waals surface area contributed by atoms with Gasteiger partial charge in [0.25, 0.3) is 10.0 Å². The normalized spacial score (nSPS) is 19.9. The molecule has 1 amide bonds. The highest BCUT2D eigenvalue weighted by molar-refractivity contribution is 7.89. The Morgan fingerprint density at radius 2 is 2.24 bits per heavy atom. The minimum absolute atomic E-state index is 0.0206. The number of carbonyl (C=O) groups is 2. The van der Waals surface area contributed by atoms with Crippen molar-refractivity contribution in [2.24, 2.45) is 5.92 Å². The van der Waals surface area contributed by atoms with Crippen molar-refractivity contribution in [2.45, 2.75) is 43.7 Å². The van der Waals surface area contributed by atoms with Crippen LogP contribution in [0.1, 0.15) is 32.6 Å². The zero-order valence-electron chi connectivity index (χ0n) is 14.3. The molecule has 1 saturated heterocycles. The van der Waals surface area contributed by atoms with E-state index in [1.165, 1.54) is 18.3 Å². The molecule has 1 fully saturated rings. The lowest BCUT2D eigenvalue weighted by molar-refractivity contribution is -0.134. The van der Waals surface area contributed by atoms with Gasteiger partial charge in [0, 0.05) is 12.6 Å². The van der Waals surface area contributed by atoms with Gasteiger partial charge in [-0.3, -0.25) is 9.59 Å². The number of amides is 1. The zero-order chi connectivity index (χ0) is 18.4. The smallest absolute Gasteiger partial charge is 0.284 e. The summed E-state index contributed by atoms with van der Waals surface area (Å²) in [5.41, 5.74) is 0. The Labute approximate surface area is 148 Å². The Balaban J connectivity index is 2.44. The molecule has 1 aliphatic rings. The average molecular weight is 366 g/mol. The molecule has 2 rings (SSSR count). The maximum absolute atomic E-state index is 13.1. The van der Waals surface area contributed by atoms with Crippen LogP contribution in [0.2, 0.25) is 0 Å². The molecule has 2 atom stereocenters. The van der Waals surface area contributed by atoms with Gasteiger partial charge in [-0.25, -0.2) is 9.29 Å². The minimum atomic E-state index is -4.20. The Bertz CT molecular complexity index is 706. The predicted molar refractivity (Wildman–Crippen MR) is 92.9 cm³/mol. The maximum Gasteiger partial charge on any atom is 0.284 e. The van der Waals surface area contributed by atoms with Gasteiger partial charge in [0.2, 0.25) is 5.91 Å². The summed E-state index contributed by atoms with van der Waals surface area (Å²) in [6.45, 7) is 6.24. The van der Waals surface area contributed by atoms with E-state index in [1.54, 1.807) is 6.07 Å². The molecule has 0 spiro atoms. The number of pyridine rings is 1. The van der Waals surface area contributed by atoms with Crippen molar-refractivity contribution in [1.29, 1.82) is 0 Å². The number of nitrogens with one attached hydrogen (secondary N) is 1. The lowest BCUT2D eigenvalue weighted by atomic mass is 10.0. The summed E-state index contributed by atoms with van der Waals surface area (Å²) in [5.74, 6) is -0.956. The van der Waals surface area contributed by atoms with E-state index >= 15 is 0 Å². The molecule has 25 heavy (non-hydrogen) atoms. The van der Waals surface area contributed by atoms with E-state index in [2.05, 4.69) is 17.2 Å². The number of rotatable bonds is 6. The van der Waals surface area contributed by atoms with Crippen LogP contribution in [0.3, 0.4) is 0 Å². The Kier molecular flexibility index (Phi) is 6.66. The van der Waals surface area contributed by atoms with Crippen molar-refractivity contribution in [3.63, 3.8) is 0 Å². The van der Waals surface area contributed by atoms with E-state index < -0.39 is 22.0 Å². The van der Waals surface area contributed by atoms with Crippen molar-refractivity contribution in [3.8, 4) is 0 Å². The number of hydrogen-bond acceptors (Lipinski definition) is 6. The summed E-state index contributed by atoms with van der Waals surface area (Å²) in [6.07, 6.45) is 2.80. The first-order chi connectivity index (χ1) is 11.9. The standard InChI is InChI=1S/C17H24N3O4S/c1-3-13(2)11-17(22)20(14-7-6-9-18-12-15(14)21)25(23,24)16-8-4-5-10-19-16/h4-5,8,10,13-14,18H,1,3,6-7,9,11-12H2,2H3/t13-,14?/m0/s1. The van der Waals surface area contributed by atoms with Gasteiger partial charge in [-0.2, -0.15) is 8.42 Å². The second-order valence-electron chi connectivity index (χ2n) is 6.26. The largest absolute Gasteiger partial charge is 0.310 e. The van der Waals surface area contributed by atoms with Gasteiger partial charge in [0.1, 0.15) is 6.04 Å². The molecule has 1 unspecified atom stereocenters. The molecular weight excluding hydrogens is 342 g/mol. The quantitative estimate of drug-likeness (QED) is 0.812. The van der Waals surface area contributed by atoms with Crippen LogP contribution in [-0.4, -0.2) is 48.5 Å². The first-order valence-corrected chi connectivity index (χ1v) is 9.83. The van der Waals surface area contributed by atoms with Crippen LogP contribution in [0.5, 0.6) is 0 Å². The van der Waals surface area contributed by atoms with Crippen LogP contribution < -0.4 is 5.32 Å². The molecule has 1 radical (unpaired) electrons. The third-order valence-electron chi connectivity index (χ3n) is 4.21. The Hall–Kier alpha value is -1.80. The fourth-order valence-electron chi connectivity index (χ4n) is 2.72. The van der Waals surface area contributed by atoms with Crippen LogP contribution in [0, 0.1) is 12.8 Å². The van der Waals surface area contributed by atoms with Gasteiger partial charge in [0.05, 0.1) is 6.54 Å². The molecule has 137 valence electrons. The van der Waals surface area contributed by atoms with Gasteiger partial charge in [-0.1, -0.05) is 26.3 Å². The van der Waals surface area contributed by atoms with Gasteiger partial charge in [-0.05, 0) is 37.4 Å². The number of nitrogens with zero attached hydrogens (tertiary/aromatic N) is 2. The number of hydrogen-bond donors (Lipinski definition) is 1. The average Bonchev–Trinajstić information content (AvgIpc) is 2.80. The molecule has 8 heteroatoms. The summed E-state index contributed by atoms with van der Waals surface area (Å²) in [6, 6.07) is 3.47. The minimum Gasteiger partial charge on any atom is -0.310 e. The molecule has 1 aliphatic heterocycles. The van der Waals surface area contributed by atoms with E-state index in [0.717, 1.165) is 4.31 Å². The van der Waals surface area contributed by atoms with Crippen LogP contribution in [-0.2, 0) is 19.6 Å². The second kappa shape index (κ2) is 8.53. The van der Waals surface area contributed by atoms with E-state index in [4.69, 9.17) is 0 Å². The number of carbonyl (C=O) groups excluding carboxylic acids is 2. The monoisotopic (exact) mass is 366 g/mol. The highest BCUT2D eigenvalue weighted by Crippen LogP contribution is 2.23. The number of aromatic nitrogens is 1. The van der Waals surface area contributed by atoms with Gasteiger partial charge in [0.15, 0.2) is 10.8 Å². The summed E-state index contributed by atoms with van der Waals surface area (Å²) in [5, 5.41) is 2.73. The van der Waals surface area contributed by atoms with E-state index in [9.17, 15) is 18.0 Å². The van der Waals surface area contributed by atoms with E-state index in [0.29, 0.717) is 25.8 Å². The zero-order valence-corrected chi connectivity index (χ0v) is 15.2. The van der Waals surface area contributed by atoms with Crippen LogP contribution in [0.25, 0.3) is 0 Å². The number of sulfonamides is 1. The first kappa shape index (κ1) is 19.5. The maximum atomic E-state index is 13.1. The van der Waals surface area contributed by atoms with Crippen molar-refractivity contribution in [2.75, 3.05) is 13.1 Å². The highest BCUT2D eigenvalue weighted by atomic mass is 32.2. The first-order valence-electron chi connectivity index (χ1n) is 8.39. The molecule has 0 bridgehead atoms. The fourth-order valence-corrected chi connectivity index (χ4v) is 4.27. The molecule has 7 nitrogen and oxygen atoms in total. The van der Waals surface area contributed by atoms with Crippen molar-refractivity contribution in [3.05, 3.63) is 31.3 Å². The van der Waals surface area contributed by atoms with Crippen molar-refractivity contribution >= 4 is 21.7 Å². The van der Waals surface area contributed by atoms with Crippen molar-refractivity contribution < 1.29 is 18.0 Å². The second-order valence-corrected chi connectivity index (χ2v) is 8.02. The molecule has 1 aromatic heterocycles. The fraction of sp³-hybridized carbons (Fsp3) is 0.529. The van der Waals surface area contributed by atoms with Gasteiger partial charge in [-0.15, -0.1) is 0 Å². The number of Topliss-reactive ketones (excluding diaryl/α,β-unsaturated/α-hetero) is 1. The predicted octanol–water partition coefficient (Wildman–Crippen LogP) is 1.17. The number of ketones is 1. The van der Waals surface area contributed by atoms with Crippen LogP contribution in [0.15, 0.2) is 29.4 Å². The molecular formula is C17H24N3O4S. The Morgan fingerprint density at radius 1 is 1.48 bits per heavy atom. The lowest BCUT2D eigenvalue weighted by Gasteiger charge is -2.29. The molecule has 0 aromatic carbocycles. The third-order valence-corrected chi connectivity index (χ3v) is 5.95. The van der Waals surface area contributed by atoms with Crippen molar-refractivity contribution in [1.82, 2.24) is 14.6 Å². The molecule has 1 N–H and O–H groups in total. The molecule has 0 saturated carbocycles. The summed E-state index contributed by atoms with van der Waals surface area (Å²) >= 11 is 0. The third kappa shape index (κ3) is 4.64. The summed E-state index contributed by atoms with van der Waals surface area (Å²) < 4.78 is 26.9. The highest BCUT2D eigenvalue weighted by Gasteiger charge is 2.40. The van der Waals surface area contributed by atoms with Crippen LogP contribution in [0.4, 0.5) is 0 Å². The summed E-state index contributed by atoms with van der Waals surface area (Å²) in [4.78, 5) is 29.1. The Morgan fingerprint density at radius 3 is 2.88 bits per heavy atom.